The van der Waals surface area contributed by atoms with Crippen molar-refractivity contribution >= 4 is 11.8 Å². The summed E-state index contributed by atoms with van der Waals surface area (Å²) in [4.78, 5) is 18.5. The number of methoxy groups -OCH3 is 2. The lowest BCUT2D eigenvalue weighted by Crippen LogP contribution is -2.41. The van der Waals surface area contributed by atoms with Crippen molar-refractivity contribution in [1.29, 1.82) is 0 Å². The van der Waals surface area contributed by atoms with Gasteiger partial charge in [0.15, 0.2) is 0 Å². The van der Waals surface area contributed by atoms with Gasteiger partial charge in [-0.25, -0.2) is 4.79 Å². The SMILES string of the molecule is COc1ccc(CN=C2CCN(C(=O)OC(C)(C)C)CC2)c(OC)c1. The number of rotatable bonds is 4. The van der Waals surface area contributed by atoms with Crippen LogP contribution in [0, 0.1) is 0 Å². The molecular weight excluding hydrogens is 320 g/mol. The first-order valence-electron chi connectivity index (χ1n) is 8.53. The zero-order valence-electron chi connectivity index (χ0n) is 15.8. The van der Waals surface area contributed by atoms with E-state index >= 15 is 0 Å². The summed E-state index contributed by atoms with van der Waals surface area (Å²) in [6.45, 7) is 7.49. The summed E-state index contributed by atoms with van der Waals surface area (Å²) in [5, 5.41) is 0. The molecule has 1 saturated heterocycles. The van der Waals surface area contributed by atoms with Crippen molar-refractivity contribution in [2.24, 2.45) is 4.99 Å². The summed E-state index contributed by atoms with van der Waals surface area (Å²) < 4.78 is 16.0. The first kappa shape index (κ1) is 19.1. The number of hydrogen-bond donors (Lipinski definition) is 0. The standard InChI is InChI=1S/C19H28N2O4/c1-19(2,3)25-18(22)21-10-8-15(9-11-21)20-13-14-6-7-16(23-4)12-17(14)24-5/h6-7,12H,8-11,13H2,1-5H3. The van der Waals surface area contributed by atoms with Crippen molar-refractivity contribution in [3.63, 3.8) is 0 Å². The third-order valence-corrected chi connectivity index (χ3v) is 3.96. The van der Waals surface area contributed by atoms with Gasteiger partial charge in [0.05, 0.1) is 20.8 Å². The smallest absolute Gasteiger partial charge is 0.410 e. The second-order valence-electron chi connectivity index (χ2n) is 7.03. The quantitative estimate of drug-likeness (QED) is 0.833. The number of hydrogen-bond acceptors (Lipinski definition) is 5. The number of piperidine rings is 1. The molecule has 0 unspecified atom stereocenters. The number of amides is 1. The zero-order chi connectivity index (χ0) is 18.4. The summed E-state index contributed by atoms with van der Waals surface area (Å²) in [6.07, 6.45) is 1.30. The molecule has 1 aliphatic rings. The van der Waals surface area contributed by atoms with Crippen LogP contribution in [-0.4, -0.2) is 49.6 Å². The van der Waals surface area contributed by atoms with Crippen molar-refractivity contribution in [2.75, 3.05) is 27.3 Å². The fourth-order valence-corrected chi connectivity index (χ4v) is 2.61. The summed E-state index contributed by atoms with van der Waals surface area (Å²) >= 11 is 0. The van der Waals surface area contributed by atoms with Crippen molar-refractivity contribution in [3.05, 3.63) is 23.8 Å². The van der Waals surface area contributed by atoms with Crippen molar-refractivity contribution in [3.8, 4) is 11.5 Å². The molecule has 1 aromatic rings. The number of carbonyl (C=O) groups is 1. The Kier molecular flexibility index (Phi) is 6.28. The number of aliphatic imine (C=N–C) groups is 1. The molecule has 6 heteroatoms. The minimum absolute atomic E-state index is 0.247. The maximum atomic E-state index is 12.1. The highest BCUT2D eigenvalue weighted by atomic mass is 16.6. The molecule has 2 rings (SSSR count). The summed E-state index contributed by atoms with van der Waals surface area (Å²) in [5.74, 6) is 1.54. The number of ether oxygens (including phenoxy) is 3. The van der Waals surface area contributed by atoms with Crippen LogP contribution in [-0.2, 0) is 11.3 Å². The molecule has 0 saturated carbocycles. The molecular formula is C19H28N2O4. The molecule has 6 nitrogen and oxygen atoms in total. The van der Waals surface area contributed by atoms with E-state index in [2.05, 4.69) is 0 Å². The van der Waals surface area contributed by atoms with E-state index in [1.807, 2.05) is 39.0 Å². The van der Waals surface area contributed by atoms with E-state index in [4.69, 9.17) is 19.2 Å². The van der Waals surface area contributed by atoms with Gasteiger partial charge in [-0.05, 0) is 32.9 Å². The molecule has 1 fully saturated rings. The Morgan fingerprint density at radius 1 is 1.16 bits per heavy atom. The predicted molar refractivity (Wildman–Crippen MR) is 97.7 cm³/mol. The second kappa shape index (κ2) is 8.23. The predicted octanol–water partition coefficient (Wildman–Crippen LogP) is 3.68. The maximum Gasteiger partial charge on any atom is 0.410 e. The molecule has 0 radical (unpaired) electrons. The molecule has 0 bridgehead atoms. The highest BCUT2D eigenvalue weighted by Crippen LogP contribution is 2.25. The molecule has 25 heavy (non-hydrogen) atoms. The first-order valence-corrected chi connectivity index (χ1v) is 8.53. The van der Waals surface area contributed by atoms with Crippen LogP contribution < -0.4 is 9.47 Å². The van der Waals surface area contributed by atoms with Crippen LogP contribution in [0.15, 0.2) is 23.2 Å². The average molecular weight is 348 g/mol. The number of likely N-dealkylation sites (tertiary alicyclic amines) is 1. The molecule has 138 valence electrons. The van der Waals surface area contributed by atoms with Gasteiger partial charge in [0.2, 0.25) is 0 Å². The number of nitrogens with zero attached hydrogens (tertiary/aromatic N) is 2. The Morgan fingerprint density at radius 3 is 2.40 bits per heavy atom. The van der Waals surface area contributed by atoms with E-state index in [1.54, 1.807) is 19.1 Å². The van der Waals surface area contributed by atoms with Gasteiger partial charge in [-0.3, -0.25) is 4.99 Å². The first-order chi connectivity index (χ1) is 11.8. The lowest BCUT2D eigenvalue weighted by Gasteiger charge is -2.30. The summed E-state index contributed by atoms with van der Waals surface area (Å²) in [6, 6.07) is 5.74. The van der Waals surface area contributed by atoms with E-state index in [0.29, 0.717) is 19.6 Å². The third-order valence-electron chi connectivity index (χ3n) is 3.96. The van der Waals surface area contributed by atoms with Gasteiger partial charge >= 0.3 is 6.09 Å². The summed E-state index contributed by atoms with van der Waals surface area (Å²) in [5.41, 5.74) is 1.68. The lowest BCUT2D eigenvalue weighted by molar-refractivity contribution is 0.0249. The van der Waals surface area contributed by atoms with Crippen LogP contribution in [0.4, 0.5) is 4.79 Å². The van der Waals surface area contributed by atoms with Gasteiger partial charge in [0.1, 0.15) is 17.1 Å². The van der Waals surface area contributed by atoms with Crippen molar-refractivity contribution in [1.82, 2.24) is 4.90 Å². The van der Waals surface area contributed by atoms with E-state index in [-0.39, 0.29) is 6.09 Å². The Hall–Kier alpha value is -2.24. The second-order valence-corrected chi connectivity index (χ2v) is 7.03. The van der Waals surface area contributed by atoms with Crippen molar-refractivity contribution in [2.45, 2.75) is 45.8 Å². The van der Waals surface area contributed by atoms with Crippen LogP contribution in [0.1, 0.15) is 39.2 Å². The highest BCUT2D eigenvalue weighted by molar-refractivity contribution is 5.86. The molecule has 1 heterocycles. The number of carbonyl (C=O) groups excluding carboxylic acids is 1. The fourth-order valence-electron chi connectivity index (χ4n) is 2.61. The molecule has 1 aliphatic heterocycles. The van der Waals surface area contributed by atoms with Gasteiger partial charge in [-0.15, -0.1) is 0 Å². The van der Waals surface area contributed by atoms with Gasteiger partial charge in [0.25, 0.3) is 0 Å². The molecule has 0 atom stereocenters. The largest absolute Gasteiger partial charge is 0.497 e. The minimum Gasteiger partial charge on any atom is -0.497 e. The minimum atomic E-state index is -0.462. The Morgan fingerprint density at radius 2 is 1.84 bits per heavy atom. The molecule has 0 spiro atoms. The van der Waals surface area contributed by atoms with E-state index in [1.165, 1.54) is 0 Å². The molecule has 0 N–H and O–H groups in total. The van der Waals surface area contributed by atoms with Gasteiger partial charge in [0, 0.05) is 43.3 Å². The summed E-state index contributed by atoms with van der Waals surface area (Å²) in [7, 11) is 3.28. The molecule has 1 amide bonds. The zero-order valence-corrected chi connectivity index (χ0v) is 15.8. The maximum absolute atomic E-state index is 12.1. The van der Waals surface area contributed by atoms with Gasteiger partial charge in [-0.1, -0.05) is 0 Å². The topological polar surface area (TPSA) is 60.4 Å². The molecule has 0 aromatic heterocycles. The molecule has 1 aromatic carbocycles. The van der Waals surface area contributed by atoms with Crippen molar-refractivity contribution < 1.29 is 19.0 Å². The van der Waals surface area contributed by atoms with Crippen LogP contribution >= 0.6 is 0 Å². The Balaban J connectivity index is 1.92. The highest BCUT2D eigenvalue weighted by Gasteiger charge is 2.25. The number of benzene rings is 1. The van der Waals surface area contributed by atoms with E-state index in [9.17, 15) is 4.79 Å². The van der Waals surface area contributed by atoms with Gasteiger partial charge < -0.3 is 19.1 Å². The van der Waals surface area contributed by atoms with Crippen LogP contribution in [0.5, 0.6) is 11.5 Å². The van der Waals surface area contributed by atoms with Gasteiger partial charge in [-0.2, -0.15) is 0 Å². The van der Waals surface area contributed by atoms with Crippen LogP contribution in [0.3, 0.4) is 0 Å². The Labute approximate surface area is 149 Å². The normalized spacial score (nSPS) is 14.9. The van der Waals surface area contributed by atoms with E-state index in [0.717, 1.165) is 35.6 Å². The monoisotopic (exact) mass is 348 g/mol. The lowest BCUT2D eigenvalue weighted by atomic mass is 10.1. The van der Waals surface area contributed by atoms with E-state index < -0.39 is 5.60 Å². The van der Waals surface area contributed by atoms with Crippen LogP contribution in [0.2, 0.25) is 0 Å². The third kappa shape index (κ3) is 5.66. The Bertz CT molecular complexity index is 625. The van der Waals surface area contributed by atoms with Crippen LogP contribution in [0.25, 0.3) is 0 Å². The average Bonchev–Trinajstić information content (AvgIpc) is 2.58. The molecule has 0 aliphatic carbocycles. The fraction of sp³-hybridized carbons (Fsp3) is 0.579.